The third kappa shape index (κ3) is 4.88. The van der Waals surface area contributed by atoms with Crippen LogP contribution in [0.1, 0.15) is 17.1 Å². The molecule has 0 aliphatic carbocycles. The first-order chi connectivity index (χ1) is 16.7. The number of hydrogen-bond donors (Lipinski definition) is 1. The van der Waals surface area contributed by atoms with Crippen molar-refractivity contribution in [2.45, 2.75) is 19.4 Å². The van der Waals surface area contributed by atoms with Crippen LogP contribution in [0.25, 0.3) is 22.3 Å². The number of aromatic nitrogens is 4. The van der Waals surface area contributed by atoms with Crippen LogP contribution in [0.4, 0.5) is 4.39 Å². The molecule has 1 N–H and O–H groups in total. The molecule has 0 bridgehead atoms. The summed E-state index contributed by atoms with van der Waals surface area (Å²) in [6.07, 6.45) is 4.86. The third-order valence-electron chi connectivity index (χ3n) is 5.53. The number of aromatic amines is 1. The summed E-state index contributed by atoms with van der Waals surface area (Å²) in [5.41, 5.74) is 4.84. The number of nitrogens with zero attached hydrogens (tertiary/aromatic N) is 3. The second-order valence-corrected chi connectivity index (χ2v) is 7.88. The van der Waals surface area contributed by atoms with E-state index in [2.05, 4.69) is 19.9 Å². The second-order valence-electron chi connectivity index (χ2n) is 7.88. The highest BCUT2D eigenvalue weighted by Gasteiger charge is 2.10. The molecule has 0 atom stereocenters. The number of nitrogens with one attached hydrogen (secondary N) is 1. The van der Waals surface area contributed by atoms with Crippen molar-refractivity contribution < 1.29 is 13.9 Å². The van der Waals surface area contributed by atoms with Crippen molar-refractivity contribution in [3.63, 3.8) is 0 Å². The minimum atomic E-state index is -0.415. The van der Waals surface area contributed by atoms with Gasteiger partial charge in [0.25, 0.3) is 0 Å². The highest BCUT2D eigenvalue weighted by Crippen LogP contribution is 2.27. The Kier molecular flexibility index (Phi) is 6.16. The van der Waals surface area contributed by atoms with Crippen molar-refractivity contribution >= 4 is 11.2 Å². The molecule has 0 fully saturated rings. The molecule has 0 unspecified atom stereocenters. The summed E-state index contributed by atoms with van der Waals surface area (Å²) in [4.78, 5) is 16.8. The van der Waals surface area contributed by atoms with Gasteiger partial charge in [0.05, 0.1) is 7.11 Å². The van der Waals surface area contributed by atoms with E-state index in [0.29, 0.717) is 24.2 Å². The maximum atomic E-state index is 14.7. The molecule has 0 saturated heterocycles. The third-order valence-corrected chi connectivity index (χ3v) is 5.53. The van der Waals surface area contributed by atoms with Crippen LogP contribution >= 0.6 is 0 Å². The van der Waals surface area contributed by atoms with Gasteiger partial charge in [0, 0.05) is 36.1 Å². The summed E-state index contributed by atoms with van der Waals surface area (Å²) in [7, 11) is 1.64. The van der Waals surface area contributed by atoms with E-state index in [1.54, 1.807) is 25.6 Å². The molecule has 3 aromatic heterocycles. The molecule has 0 aliphatic heterocycles. The standard InChI is InChI=1S/C27H23FN4O2/c1-33-22-11-12-29-21(15-22)8-10-26-31-24-14-20(16-30-27(24)32-26)19-7-9-25(23(28)13-19)34-17-18-5-3-2-4-6-18/h2-7,9,11-16H,8,10,17H2,1H3,(H,30,31,32). The first-order valence-corrected chi connectivity index (χ1v) is 11.0. The zero-order chi connectivity index (χ0) is 23.3. The smallest absolute Gasteiger partial charge is 0.165 e. The first kappa shape index (κ1) is 21.6. The van der Waals surface area contributed by atoms with Gasteiger partial charge in [0.1, 0.15) is 23.7 Å². The Hall–Kier alpha value is -4.26. The van der Waals surface area contributed by atoms with Crippen molar-refractivity contribution in [2.24, 2.45) is 0 Å². The Morgan fingerprint density at radius 1 is 0.912 bits per heavy atom. The Bertz CT molecular complexity index is 1420. The molecule has 0 aliphatic rings. The van der Waals surface area contributed by atoms with Crippen LogP contribution in [0, 0.1) is 5.82 Å². The molecule has 6 nitrogen and oxygen atoms in total. The van der Waals surface area contributed by atoms with Gasteiger partial charge in [-0.1, -0.05) is 36.4 Å². The number of methoxy groups -OCH3 is 1. The summed E-state index contributed by atoms with van der Waals surface area (Å²) in [5.74, 6) is 1.40. The lowest BCUT2D eigenvalue weighted by Gasteiger charge is -2.09. The van der Waals surface area contributed by atoms with Gasteiger partial charge in [-0.2, -0.15) is 0 Å². The van der Waals surface area contributed by atoms with E-state index >= 15 is 0 Å². The van der Waals surface area contributed by atoms with Crippen molar-refractivity contribution in [1.82, 2.24) is 19.9 Å². The van der Waals surface area contributed by atoms with Gasteiger partial charge >= 0.3 is 0 Å². The second kappa shape index (κ2) is 9.70. The number of ether oxygens (including phenoxy) is 2. The molecular weight excluding hydrogens is 431 g/mol. The number of imidazole rings is 1. The lowest BCUT2D eigenvalue weighted by molar-refractivity contribution is 0.290. The number of pyridine rings is 2. The van der Waals surface area contributed by atoms with E-state index in [0.717, 1.165) is 40.3 Å². The van der Waals surface area contributed by atoms with Gasteiger partial charge in [0.15, 0.2) is 17.2 Å². The molecule has 3 heterocycles. The van der Waals surface area contributed by atoms with E-state index in [1.165, 1.54) is 6.07 Å². The first-order valence-electron chi connectivity index (χ1n) is 11.0. The maximum Gasteiger partial charge on any atom is 0.165 e. The topological polar surface area (TPSA) is 72.9 Å². The van der Waals surface area contributed by atoms with Crippen LogP contribution in [0.15, 0.2) is 79.1 Å². The van der Waals surface area contributed by atoms with Crippen LogP contribution in [0.3, 0.4) is 0 Å². The number of benzene rings is 2. The van der Waals surface area contributed by atoms with E-state index < -0.39 is 5.82 Å². The predicted molar refractivity (Wildman–Crippen MR) is 128 cm³/mol. The van der Waals surface area contributed by atoms with Crippen molar-refractivity contribution in [3.05, 3.63) is 102 Å². The number of hydrogen-bond acceptors (Lipinski definition) is 5. The van der Waals surface area contributed by atoms with Crippen LogP contribution in [0.2, 0.25) is 0 Å². The Balaban J connectivity index is 1.29. The fourth-order valence-electron chi connectivity index (χ4n) is 3.72. The monoisotopic (exact) mass is 454 g/mol. The molecule has 0 spiro atoms. The van der Waals surface area contributed by atoms with E-state index in [1.807, 2.05) is 54.6 Å². The van der Waals surface area contributed by atoms with E-state index in [-0.39, 0.29) is 5.75 Å². The molecule has 170 valence electrons. The van der Waals surface area contributed by atoms with Crippen molar-refractivity contribution in [3.8, 4) is 22.6 Å². The number of fused-ring (bicyclic) bond motifs is 1. The number of halogens is 1. The predicted octanol–water partition coefficient (Wildman–Crippen LogP) is 5.53. The largest absolute Gasteiger partial charge is 0.497 e. The van der Waals surface area contributed by atoms with Gasteiger partial charge < -0.3 is 14.5 Å². The summed E-state index contributed by atoms with van der Waals surface area (Å²) >= 11 is 0. The normalized spacial score (nSPS) is 11.0. The highest BCUT2D eigenvalue weighted by molar-refractivity contribution is 5.78. The molecule has 34 heavy (non-hydrogen) atoms. The lowest BCUT2D eigenvalue weighted by Crippen LogP contribution is -1.97. The minimum absolute atomic E-state index is 0.217. The van der Waals surface area contributed by atoms with E-state index in [9.17, 15) is 4.39 Å². The van der Waals surface area contributed by atoms with Gasteiger partial charge in [-0.3, -0.25) is 4.98 Å². The zero-order valence-electron chi connectivity index (χ0n) is 18.7. The number of H-pyrrole nitrogens is 1. The summed E-state index contributed by atoms with van der Waals surface area (Å²) in [6.45, 7) is 0.311. The minimum Gasteiger partial charge on any atom is -0.497 e. The summed E-state index contributed by atoms with van der Waals surface area (Å²) in [5, 5.41) is 0. The molecule has 0 amide bonds. The summed E-state index contributed by atoms with van der Waals surface area (Å²) in [6, 6.07) is 20.3. The van der Waals surface area contributed by atoms with Crippen molar-refractivity contribution in [1.29, 1.82) is 0 Å². The van der Waals surface area contributed by atoms with Crippen LogP contribution in [0.5, 0.6) is 11.5 Å². The fourth-order valence-corrected chi connectivity index (χ4v) is 3.72. The molecule has 0 radical (unpaired) electrons. The van der Waals surface area contributed by atoms with Crippen LogP contribution in [-0.4, -0.2) is 27.0 Å². The zero-order valence-corrected chi connectivity index (χ0v) is 18.7. The van der Waals surface area contributed by atoms with Gasteiger partial charge in [-0.05, 0) is 41.8 Å². The Morgan fingerprint density at radius 3 is 2.62 bits per heavy atom. The molecule has 5 rings (SSSR count). The fraction of sp³-hybridized carbons (Fsp3) is 0.148. The SMILES string of the molecule is COc1ccnc(CCc2nc3cc(-c4ccc(OCc5ccccc5)c(F)c4)cnc3[nH]2)c1. The van der Waals surface area contributed by atoms with E-state index in [4.69, 9.17) is 9.47 Å². The molecule has 5 aromatic rings. The Morgan fingerprint density at radius 2 is 1.79 bits per heavy atom. The average Bonchev–Trinajstić information content (AvgIpc) is 3.30. The van der Waals surface area contributed by atoms with Crippen molar-refractivity contribution in [2.75, 3.05) is 7.11 Å². The molecule has 0 saturated carbocycles. The molecular formula is C27H23FN4O2. The summed E-state index contributed by atoms with van der Waals surface area (Å²) < 4.78 is 25.6. The Labute approximate surface area is 196 Å². The number of rotatable bonds is 8. The van der Waals surface area contributed by atoms with Gasteiger partial charge in [-0.25, -0.2) is 14.4 Å². The van der Waals surface area contributed by atoms with Gasteiger partial charge in [-0.15, -0.1) is 0 Å². The molecule has 7 heteroatoms. The average molecular weight is 455 g/mol. The van der Waals surface area contributed by atoms with Crippen LogP contribution < -0.4 is 9.47 Å². The lowest BCUT2D eigenvalue weighted by atomic mass is 10.1. The maximum absolute atomic E-state index is 14.7. The molecule has 2 aromatic carbocycles. The van der Waals surface area contributed by atoms with Crippen LogP contribution in [-0.2, 0) is 19.4 Å². The quantitative estimate of drug-likeness (QED) is 0.334. The number of aryl methyl sites for hydroxylation is 2. The van der Waals surface area contributed by atoms with Gasteiger partial charge in [0.2, 0.25) is 0 Å². The highest BCUT2D eigenvalue weighted by atomic mass is 19.1.